The predicted molar refractivity (Wildman–Crippen MR) is 60.2 cm³/mol. The number of alkyl halides is 1. The Balaban J connectivity index is 2.13. The lowest BCUT2D eigenvalue weighted by Crippen LogP contribution is -2.41. The molecule has 0 heterocycles. The highest BCUT2D eigenvalue weighted by atomic mass is 19.1. The summed E-state index contributed by atoms with van der Waals surface area (Å²) in [4.78, 5) is 23.4. The Morgan fingerprint density at radius 2 is 1.83 bits per heavy atom. The topological polar surface area (TPSA) is 78.6 Å². The van der Waals surface area contributed by atoms with Crippen LogP contribution >= 0.6 is 0 Å². The number of nitrogens with two attached hydrogens (primary N) is 1. The van der Waals surface area contributed by atoms with Crippen molar-refractivity contribution < 1.29 is 23.5 Å². The van der Waals surface area contributed by atoms with Gasteiger partial charge in [-0.3, -0.25) is 9.59 Å². The molecule has 0 aliphatic heterocycles. The van der Waals surface area contributed by atoms with E-state index in [0.29, 0.717) is 0 Å². The minimum atomic E-state index is -1.24. The summed E-state index contributed by atoms with van der Waals surface area (Å²) in [7, 11) is 0. The lowest BCUT2D eigenvalue weighted by Gasteiger charge is -2.19. The highest BCUT2D eigenvalue weighted by Crippen LogP contribution is 2.63. The molecule has 0 aromatic rings. The molecule has 0 aromatic carbocycles. The summed E-state index contributed by atoms with van der Waals surface area (Å²) in [6.45, 7) is 3.79. The number of carbonyl (C=O) groups excluding carboxylic acids is 2. The number of hydrogen-bond acceptors (Lipinski definition) is 5. The van der Waals surface area contributed by atoms with Gasteiger partial charge >= 0.3 is 11.9 Å². The molecule has 0 spiro atoms. The van der Waals surface area contributed by atoms with Gasteiger partial charge in [-0.25, -0.2) is 4.39 Å². The Morgan fingerprint density at radius 1 is 1.28 bits per heavy atom. The fourth-order valence-electron chi connectivity index (χ4n) is 3.13. The van der Waals surface area contributed by atoms with Crippen molar-refractivity contribution in [1.82, 2.24) is 0 Å². The van der Waals surface area contributed by atoms with Crippen LogP contribution in [0.4, 0.5) is 4.39 Å². The Morgan fingerprint density at radius 3 is 2.39 bits per heavy atom. The number of rotatable bonds is 4. The molecule has 2 rings (SSSR count). The number of halogens is 1. The number of hydrogen-bond donors (Lipinski definition) is 1. The van der Waals surface area contributed by atoms with E-state index in [1.165, 1.54) is 0 Å². The van der Waals surface area contributed by atoms with Gasteiger partial charge in [0.25, 0.3) is 0 Å². The number of esters is 2. The van der Waals surface area contributed by atoms with Gasteiger partial charge < -0.3 is 15.2 Å². The number of carbonyl (C=O) groups is 2. The van der Waals surface area contributed by atoms with Crippen LogP contribution in [0.25, 0.3) is 0 Å². The van der Waals surface area contributed by atoms with Crippen molar-refractivity contribution in [1.29, 1.82) is 0 Å². The van der Waals surface area contributed by atoms with E-state index in [0.717, 1.165) is 0 Å². The van der Waals surface area contributed by atoms with E-state index in [4.69, 9.17) is 15.2 Å². The normalized spacial score (nSPS) is 41.1. The molecule has 102 valence electrons. The minimum Gasteiger partial charge on any atom is -0.466 e. The highest BCUT2D eigenvalue weighted by Gasteiger charge is 2.78. The molecule has 2 N–H and O–H groups in total. The largest absolute Gasteiger partial charge is 0.466 e. The molecule has 0 amide bonds. The molecule has 0 aromatic heterocycles. The molecule has 0 bridgehead atoms. The third-order valence-corrected chi connectivity index (χ3v) is 3.93. The molecule has 0 saturated heterocycles. The fourth-order valence-corrected chi connectivity index (χ4v) is 3.13. The van der Waals surface area contributed by atoms with E-state index >= 15 is 0 Å². The van der Waals surface area contributed by atoms with Gasteiger partial charge in [0.2, 0.25) is 0 Å². The highest BCUT2D eigenvalue weighted by molar-refractivity contribution is 5.85. The molecule has 0 radical (unpaired) electrons. The van der Waals surface area contributed by atoms with E-state index in [1.54, 1.807) is 13.8 Å². The molecule has 6 heteroatoms. The van der Waals surface area contributed by atoms with Gasteiger partial charge in [0.1, 0.15) is 6.17 Å². The molecule has 2 saturated carbocycles. The summed E-state index contributed by atoms with van der Waals surface area (Å²) in [5, 5.41) is 0. The van der Waals surface area contributed by atoms with E-state index in [2.05, 4.69) is 0 Å². The van der Waals surface area contributed by atoms with Crippen molar-refractivity contribution in [2.24, 2.45) is 23.5 Å². The van der Waals surface area contributed by atoms with Crippen LogP contribution in [-0.2, 0) is 19.1 Å². The molecular weight excluding hydrogens is 241 g/mol. The van der Waals surface area contributed by atoms with Gasteiger partial charge in [0.15, 0.2) is 0 Å². The molecular formula is C12H18FNO4. The Bertz CT molecular complexity index is 375. The van der Waals surface area contributed by atoms with Crippen molar-refractivity contribution >= 4 is 11.9 Å². The number of ether oxygens (including phenoxy) is 2. The van der Waals surface area contributed by atoms with Crippen LogP contribution in [0.2, 0.25) is 0 Å². The van der Waals surface area contributed by atoms with Gasteiger partial charge in [-0.15, -0.1) is 0 Å². The zero-order valence-electron chi connectivity index (χ0n) is 10.5. The van der Waals surface area contributed by atoms with Crippen molar-refractivity contribution in [3.63, 3.8) is 0 Å². The van der Waals surface area contributed by atoms with Crippen molar-refractivity contribution in [3.8, 4) is 0 Å². The summed E-state index contributed by atoms with van der Waals surface area (Å²) in [5.41, 5.74) is 4.94. The first-order valence-corrected chi connectivity index (χ1v) is 6.24. The molecule has 18 heavy (non-hydrogen) atoms. The average Bonchev–Trinajstić information content (AvgIpc) is 2.85. The van der Waals surface area contributed by atoms with E-state index < -0.39 is 41.4 Å². The van der Waals surface area contributed by atoms with Crippen LogP contribution in [0.5, 0.6) is 0 Å². The zero-order chi connectivity index (χ0) is 13.5. The summed E-state index contributed by atoms with van der Waals surface area (Å²) >= 11 is 0. The van der Waals surface area contributed by atoms with E-state index in [1.807, 2.05) is 0 Å². The second kappa shape index (κ2) is 4.50. The fraction of sp³-hybridized carbons (Fsp3) is 0.833. The third-order valence-electron chi connectivity index (χ3n) is 3.93. The van der Waals surface area contributed by atoms with Crippen LogP contribution in [0.3, 0.4) is 0 Å². The first-order chi connectivity index (χ1) is 8.48. The van der Waals surface area contributed by atoms with Gasteiger partial charge in [-0.05, 0) is 20.3 Å². The summed E-state index contributed by atoms with van der Waals surface area (Å²) in [5.74, 6) is -3.09. The summed E-state index contributed by atoms with van der Waals surface area (Å²) < 4.78 is 23.6. The van der Waals surface area contributed by atoms with E-state index in [9.17, 15) is 14.0 Å². The smallest absolute Gasteiger partial charge is 0.311 e. The van der Waals surface area contributed by atoms with Crippen LogP contribution in [0.15, 0.2) is 0 Å². The van der Waals surface area contributed by atoms with Gasteiger partial charge in [-0.1, -0.05) is 0 Å². The number of fused-ring (bicyclic) bond motifs is 1. The van der Waals surface area contributed by atoms with Crippen LogP contribution in [0, 0.1) is 17.8 Å². The van der Waals surface area contributed by atoms with Crippen molar-refractivity contribution in [2.75, 3.05) is 13.2 Å². The third kappa shape index (κ3) is 1.70. The van der Waals surface area contributed by atoms with Crippen molar-refractivity contribution in [3.05, 3.63) is 0 Å². The maximum absolute atomic E-state index is 13.8. The van der Waals surface area contributed by atoms with Gasteiger partial charge in [0.05, 0.1) is 25.0 Å². The first kappa shape index (κ1) is 13.3. The first-order valence-electron chi connectivity index (χ1n) is 6.24. The average molecular weight is 259 g/mol. The van der Waals surface area contributed by atoms with Crippen LogP contribution < -0.4 is 5.73 Å². The second-order valence-corrected chi connectivity index (χ2v) is 4.81. The molecule has 2 aliphatic carbocycles. The van der Waals surface area contributed by atoms with E-state index in [-0.39, 0.29) is 19.6 Å². The SMILES string of the molecule is CCOC(=O)C1CC(F)C2C(C(=O)OCC)C12N. The Kier molecular flexibility index (Phi) is 3.31. The van der Waals surface area contributed by atoms with Crippen LogP contribution in [-0.4, -0.2) is 36.9 Å². The monoisotopic (exact) mass is 259 g/mol. The molecule has 5 atom stereocenters. The molecule has 5 unspecified atom stereocenters. The quantitative estimate of drug-likeness (QED) is 0.740. The lowest BCUT2D eigenvalue weighted by molar-refractivity contribution is -0.151. The predicted octanol–water partition coefficient (Wildman–Crippen LogP) is 0.414. The zero-order valence-corrected chi connectivity index (χ0v) is 10.5. The molecule has 5 nitrogen and oxygen atoms in total. The van der Waals surface area contributed by atoms with Crippen molar-refractivity contribution in [2.45, 2.75) is 32.0 Å². The van der Waals surface area contributed by atoms with Crippen LogP contribution in [0.1, 0.15) is 20.3 Å². The second-order valence-electron chi connectivity index (χ2n) is 4.81. The maximum atomic E-state index is 13.8. The molecule has 2 aliphatic rings. The standard InChI is InChI=1S/C12H18FNO4/c1-3-17-10(15)6-5-7(13)8-9(12(6,8)14)11(16)18-4-2/h6-9H,3-5,14H2,1-2H3. The van der Waals surface area contributed by atoms with Gasteiger partial charge in [0, 0.05) is 11.5 Å². The summed E-state index contributed by atoms with van der Waals surface area (Å²) in [6.07, 6.45) is -1.20. The summed E-state index contributed by atoms with van der Waals surface area (Å²) in [6, 6.07) is 0. The van der Waals surface area contributed by atoms with Gasteiger partial charge in [-0.2, -0.15) is 0 Å². The lowest BCUT2D eigenvalue weighted by atomic mass is 9.95. The molecule has 2 fully saturated rings. The Hall–Kier alpha value is -1.17. The Labute approximate surface area is 105 Å². The maximum Gasteiger partial charge on any atom is 0.311 e. The minimum absolute atomic E-state index is 0.0376.